The number of carbonyl (C=O) groups excluding carboxylic acids is 1. The molecule has 0 aliphatic carbocycles. The first-order valence-corrected chi connectivity index (χ1v) is 17.2. The van der Waals surface area contributed by atoms with E-state index in [0.29, 0.717) is 11.2 Å². The molecule has 0 aliphatic rings. The summed E-state index contributed by atoms with van der Waals surface area (Å²) in [6, 6.07) is 10.4. The standard InChI is InChI=1S/C24H30O2.C8H14O.C8H16.C4H10/c1-15(2)20(19-11-9-16(3)10-12-19)14-21(24(6,7)8)23-17(4)13-22(26-23)18(5)25;1-6(2)8(5)9-7(3)4;1-6-7(2)8(3,4)5;1-3-4-2/h9-14H,1-8H3;3H2,1-2,4-5H3;2,6H2,1,3-5H3;3-4H2,1-2H3/b21-14+;;;. The first kappa shape index (κ1) is 45.8. The average molecular weight is 647 g/mol. The Morgan fingerprint density at radius 1 is 0.787 bits per heavy atom. The van der Waals surface area contributed by atoms with Gasteiger partial charge in [-0.2, -0.15) is 0 Å². The van der Waals surface area contributed by atoms with Crippen LogP contribution >= 0.6 is 0 Å². The summed E-state index contributed by atoms with van der Waals surface area (Å²) >= 11 is 0. The van der Waals surface area contributed by atoms with Crippen LogP contribution in [0.3, 0.4) is 0 Å². The fraction of sp³-hybridized carbons (Fsp3) is 0.523. The zero-order valence-electron chi connectivity index (χ0n) is 33.7. The zero-order chi connectivity index (χ0) is 37.3. The summed E-state index contributed by atoms with van der Waals surface area (Å²) in [6.07, 6.45) is 5.96. The second-order valence-electron chi connectivity index (χ2n) is 14.8. The smallest absolute Gasteiger partial charge is 0.194 e. The van der Waals surface area contributed by atoms with E-state index in [1.54, 1.807) is 0 Å². The van der Waals surface area contributed by atoms with Crippen LogP contribution in [0.1, 0.15) is 163 Å². The van der Waals surface area contributed by atoms with Gasteiger partial charge in [-0.15, -0.1) is 0 Å². The molecule has 0 unspecified atom stereocenters. The maximum absolute atomic E-state index is 11.7. The number of unbranched alkanes of at least 4 members (excludes halogenated alkanes) is 1. The second-order valence-corrected chi connectivity index (χ2v) is 14.8. The van der Waals surface area contributed by atoms with Gasteiger partial charge in [-0.3, -0.25) is 4.79 Å². The highest BCUT2D eigenvalue weighted by Gasteiger charge is 2.25. The van der Waals surface area contributed by atoms with Crippen molar-refractivity contribution in [2.45, 2.75) is 144 Å². The molecular weight excluding hydrogens is 576 g/mol. The van der Waals surface area contributed by atoms with Gasteiger partial charge in [0.15, 0.2) is 11.5 Å². The molecule has 2 aromatic rings. The fourth-order valence-electron chi connectivity index (χ4n) is 3.83. The number of aryl methyl sites for hydroxylation is 2. The van der Waals surface area contributed by atoms with Gasteiger partial charge in [0, 0.05) is 12.5 Å². The molecule has 1 aromatic carbocycles. The number of carbonyl (C=O) groups is 1. The predicted molar refractivity (Wildman–Crippen MR) is 210 cm³/mol. The number of hydrogen-bond acceptors (Lipinski definition) is 3. The van der Waals surface area contributed by atoms with Gasteiger partial charge in [0.05, 0.1) is 11.5 Å². The Hall–Kier alpha value is -3.33. The Morgan fingerprint density at radius 2 is 1.28 bits per heavy atom. The molecule has 0 N–H and O–H groups in total. The van der Waals surface area contributed by atoms with Crippen LogP contribution in [0.5, 0.6) is 0 Å². The van der Waals surface area contributed by atoms with Crippen molar-refractivity contribution in [2.24, 2.45) is 10.8 Å². The lowest BCUT2D eigenvalue weighted by molar-refractivity contribution is 0.0986. The van der Waals surface area contributed by atoms with Crippen molar-refractivity contribution in [1.82, 2.24) is 0 Å². The average Bonchev–Trinajstić information content (AvgIpc) is 3.34. The first-order valence-electron chi connectivity index (χ1n) is 17.2. The lowest BCUT2D eigenvalue weighted by Gasteiger charge is -2.23. The lowest BCUT2D eigenvalue weighted by Crippen LogP contribution is -2.09. The van der Waals surface area contributed by atoms with Crippen molar-refractivity contribution in [2.75, 3.05) is 0 Å². The molecule has 264 valence electrons. The Morgan fingerprint density at radius 3 is 1.53 bits per heavy atom. The third kappa shape index (κ3) is 18.6. The molecule has 0 fully saturated rings. The number of hydrogen-bond donors (Lipinski definition) is 0. The van der Waals surface area contributed by atoms with E-state index in [4.69, 9.17) is 9.15 Å². The number of Topliss-reactive ketones (excluding diaryl/α,β-unsaturated/α-hetero) is 1. The van der Waals surface area contributed by atoms with Crippen molar-refractivity contribution in [3.05, 3.63) is 106 Å². The normalized spacial score (nSPS) is 11.0. The monoisotopic (exact) mass is 647 g/mol. The molecule has 0 saturated carbocycles. The Balaban J connectivity index is 0. The molecule has 0 amide bonds. The van der Waals surface area contributed by atoms with Crippen LogP contribution < -0.4 is 0 Å². The summed E-state index contributed by atoms with van der Waals surface area (Å²) in [6.45, 7) is 44.9. The van der Waals surface area contributed by atoms with Gasteiger partial charge in [-0.25, -0.2) is 0 Å². The van der Waals surface area contributed by atoms with Crippen LogP contribution in [0.4, 0.5) is 0 Å². The maximum Gasteiger partial charge on any atom is 0.194 e. The van der Waals surface area contributed by atoms with Gasteiger partial charge in [-0.1, -0.05) is 129 Å². The van der Waals surface area contributed by atoms with E-state index in [-0.39, 0.29) is 11.2 Å². The van der Waals surface area contributed by atoms with Crippen molar-refractivity contribution in [3.8, 4) is 0 Å². The Labute approximate surface area is 291 Å². The quantitative estimate of drug-likeness (QED) is 0.124. The molecular formula is C44H70O3. The third-order valence-corrected chi connectivity index (χ3v) is 7.53. The molecule has 3 nitrogen and oxygen atoms in total. The van der Waals surface area contributed by atoms with Crippen molar-refractivity contribution >= 4 is 16.9 Å². The molecule has 1 aromatic heterocycles. The van der Waals surface area contributed by atoms with Crippen molar-refractivity contribution in [3.63, 3.8) is 0 Å². The molecule has 0 radical (unpaired) electrons. The van der Waals surface area contributed by atoms with Gasteiger partial charge in [0.1, 0.15) is 5.76 Å². The van der Waals surface area contributed by atoms with Crippen LogP contribution in [0, 0.1) is 24.7 Å². The number of ether oxygens (including phenoxy) is 1. The number of ketones is 1. The minimum Gasteiger partial charge on any atom is -0.467 e. The van der Waals surface area contributed by atoms with Crippen LogP contribution in [0.2, 0.25) is 0 Å². The van der Waals surface area contributed by atoms with E-state index in [1.807, 2.05) is 40.7 Å². The van der Waals surface area contributed by atoms with E-state index in [2.05, 4.69) is 127 Å². The molecule has 0 bridgehead atoms. The fourth-order valence-corrected chi connectivity index (χ4v) is 3.83. The van der Waals surface area contributed by atoms with Crippen molar-refractivity contribution in [1.29, 1.82) is 0 Å². The molecule has 2 rings (SSSR count). The highest BCUT2D eigenvalue weighted by Crippen LogP contribution is 2.39. The first-order chi connectivity index (χ1) is 21.4. The molecule has 1 heterocycles. The summed E-state index contributed by atoms with van der Waals surface area (Å²) < 4.78 is 11.2. The van der Waals surface area contributed by atoms with Crippen LogP contribution in [-0.2, 0) is 4.74 Å². The molecule has 0 saturated heterocycles. The molecule has 47 heavy (non-hydrogen) atoms. The summed E-state index contributed by atoms with van der Waals surface area (Å²) in [7, 11) is 0. The highest BCUT2D eigenvalue weighted by molar-refractivity contribution is 5.93. The number of rotatable bonds is 8. The van der Waals surface area contributed by atoms with Crippen molar-refractivity contribution < 1.29 is 13.9 Å². The number of allylic oxidation sites excluding steroid dienone is 8. The predicted octanol–water partition coefficient (Wildman–Crippen LogP) is 14.7. The van der Waals surface area contributed by atoms with E-state index in [1.165, 1.54) is 53.2 Å². The summed E-state index contributed by atoms with van der Waals surface area (Å²) in [5, 5.41) is 0. The van der Waals surface area contributed by atoms with Gasteiger partial charge in [0.25, 0.3) is 0 Å². The number of benzene rings is 1. The lowest BCUT2D eigenvalue weighted by atomic mass is 9.81. The van der Waals surface area contributed by atoms with E-state index in [0.717, 1.165) is 34.8 Å². The minimum atomic E-state index is -0.123. The maximum atomic E-state index is 11.7. The molecule has 3 heteroatoms. The van der Waals surface area contributed by atoms with Gasteiger partial charge in [0.2, 0.25) is 0 Å². The summed E-state index contributed by atoms with van der Waals surface area (Å²) in [5.74, 6) is 2.86. The van der Waals surface area contributed by atoms with Gasteiger partial charge >= 0.3 is 0 Å². The second kappa shape index (κ2) is 21.5. The minimum absolute atomic E-state index is 0.0476. The van der Waals surface area contributed by atoms with Crippen LogP contribution in [-0.4, -0.2) is 5.78 Å². The third-order valence-electron chi connectivity index (χ3n) is 7.53. The SMILES string of the molecule is C=C(C)OC(C)=C(C)C.C=C(CC)C(C)(C)C.CC(=O)c1cc(C)c(/C(=C\C(=C(C)C)c2ccc(C)cc2)C(C)(C)C)o1.CCCC. The van der Waals surface area contributed by atoms with E-state index >= 15 is 0 Å². The van der Waals surface area contributed by atoms with Crippen LogP contribution in [0.25, 0.3) is 11.1 Å². The molecule has 0 spiro atoms. The zero-order valence-corrected chi connectivity index (χ0v) is 33.7. The Kier molecular flexibility index (Phi) is 21.0. The summed E-state index contributed by atoms with van der Waals surface area (Å²) in [4.78, 5) is 11.7. The summed E-state index contributed by atoms with van der Waals surface area (Å²) in [5.41, 5.74) is 9.67. The molecule has 0 atom stereocenters. The van der Waals surface area contributed by atoms with Gasteiger partial charge < -0.3 is 9.15 Å². The largest absolute Gasteiger partial charge is 0.467 e. The number of furan rings is 1. The van der Waals surface area contributed by atoms with E-state index in [9.17, 15) is 4.79 Å². The van der Waals surface area contributed by atoms with Crippen LogP contribution in [0.15, 0.2) is 82.2 Å². The topological polar surface area (TPSA) is 39.4 Å². The highest BCUT2D eigenvalue weighted by atomic mass is 16.5. The Bertz CT molecular complexity index is 1360. The van der Waals surface area contributed by atoms with Gasteiger partial charge in [-0.05, 0) is 107 Å². The van der Waals surface area contributed by atoms with E-state index < -0.39 is 0 Å². The molecule has 0 aliphatic heterocycles.